The largest absolute Gasteiger partial charge is 0.476 e. The van der Waals surface area contributed by atoms with Crippen LogP contribution in [0.15, 0.2) is 18.3 Å². The summed E-state index contributed by atoms with van der Waals surface area (Å²) < 4.78 is 5.40. The predicted octanol–water partition coefficient (Wildman–Crippen LogP) is 2.55. The van der Waals surface area contributed by atoms with Crippen molar-refractivity contribution in [2.75, 3.05) is 13.2 Å². The van der Waals surface area contributed by atoms with Crippen molar-refractivity contribution in [2.24, 2.45) is 5.92 Å². The van der Waals surface area contributed by atoms with Crippen molar-refractivity contribution in [1.82, 2.24) is 9.88 Å². The molecule has 1 aliphatic heterocycles. The number of fused-ring (bicyclic) bond motifs is 1. The third kappa shape index (κ3) is 3.43. The molecule has 23 heavy (non-hydrogen) atoms. The minimum Gasteiger partial charge on any atom is -0.476 e. The molecule has 2 atom stereocenters. The first-order valence-electron chi connectivity index (χ1n) is 8.18. The Morgan fingerprint density at radius 1 is 1.35 bits per heavy atom. The van der Waals surface area contributed by atoms with Crippen LogP contribution in [-0.2, 0) is 4.79 Å². The van der Waals surface area contributed by atoms with Crippen LogP contribution in [0.2, 0.25) is 0 Å². The summed E-state index contributed by atoms with van der Waals surface area (Å²) >= 11 is 0. The first-order valence-corrected chi connectivity index (χ1v) is 8.18. The molecule has 1 saturated carbocycles. The number of likely N-dealkylation sites (tertiary alicyclic amines) is 1. The second-order valence-electron chi connectivity index (χ2n) is 6.21. The van der Waals surface area contributed by atoms with E-state index in [1.807, 2.05) is 4.90 Å². The number of ether oxygens (including phenoxy) is 1. The van der Waals surface area contributed by atoms with Gasteiger partial charge in [0.25, 0.3) is 5.91 Å². The third-order valence-electron chi connectivity index (χ3n) is 4.84. The Morgan fingerprint density at radius 2 is 2.13 bits per heavy atom. The molecule has 2 aliphatic rings. The SMILES string of the molecule is O=C(COc1cccnc1[N+](=O)[O-])N1CCC[C@@H]2CCCC[C@H]21. The molecule has 1 amide bonds. The molecule has 2 heterocycles. The van der Waals surface area contributed by atoms with Gasteiger partial charge >= 0.3 is 5.82 Å². The molecule has 1 aromatic rings. The van der Waals surface area contributed by atoms with Gasteiger partial charge in [-0.3, -0.25) is 4.79 Å². The molecule has 7 heteroatoms. The molecule has 0 N–H and O–H groups in total. The molecule has 0 unspecified atom stereocenters. The van der Waals surface area contributed by atoms with Crippen LogP contribution in [0.5, 0.6) is 5.75 Å². The zero-order valence-electron chi connectivity index (χ0n) is 13.0. The van der Waals surface area contributed by atoms with E-state index in [4.69, 9.17) is 4.74 Å². The maximum absolute atomic E-state index is 12.5. The van der Waals surface area contributed by atoms with Crippen molar-refractivity contribution < 1.29 is 14.5 Å². The van der Waals surface area contributed by atoms with E-state index in [-0.39, 0.29) is 24.1 Å². The molecule has 0 bridgehead atoms. The average Bonchev–Trinajstić information content (AvgIpc) is 2.59. The molecular formula is C16H21N3O4. The van der Waals surface area contributed by atoms with Crippen LogP contribution >= 0.6 is 0 Å². The van der Waals surface area contributed by atoms with Crippen molar-refractivity contribution in [3.8, 4) is 5.75 Å². The smallest absolute Gasteiger partial charge is 0.406 e. The van der Waals surface area contributed by atoms with E-state index in [0.29, 0.717) is 12.0 Å². The van der Waals surface area contributed by atoms with Gasteiger partial charge in [-0.05, 0) is 53.6 Å². The standard InChI is InChI=1S/C16H21N3O4/c20-15(11-23-14-8-3-9-17-16(14)19(21)22)18-10-4-6-12-5-1-2-7-13(12)18/h3,8-9,12-13H,1-2,4-7,10-11H2/t12-,13+/m0/s1. The third-order valence-corrected chi connectivity index (χ3v) is 4.84. The number of nitrogens with zero attached hydrogens (tertiary/aromatic N) is 3. The van der Waals surface area contributed by atoms with Gasteiger partial charge in [0, 0.05) is 12.6 Å². The summed E-state index contributed by atoms with van der Waals surface area (Å²) in [7, 11) is 0. The number of hydrogen-bond acceptors (Lipinski definition) is 5. The highest BCUT2D eigenvalue weighted by Crippen LogP contribution is 2.35. The van der Waals surface area contributed by atoms with Crippen molar-refractivity contribution >= 4 is 11.7 Å². The Kier molecular flexibility index (Phi) is 4.73. The van der Waals surface area contributed by atoms with E-state index >= 15 is 0 Å². The molecule has 3 rings (SSSR count). The first-order chi connectivity index (χ1) is 11.2. The number of hydrogen-bond donors (Lipinski definition) is 0. The highest BCUT2D eigenvalue weighted by atomic mass is 16.6. The summed E-state index contributed by atoms with van der Waals surface area (Å²) in [4.78, 5) is 28.5. The lowest BCUT2D eigenvalue weighted by Crippen LogP contribution is -2.51. The molecule has 1 aliphatic carbocycles. The van der Waals surface area contributed by atoms with Gasteiger partial charge in [0.15, 0.2) is 6.61 Å². The lowest BCUT2D eigenvalue weighted by atomic mass is 9.78. The predicted molar refractivity (Wildman–Crippen MR) is 83.1 cm³/mol. The fourth-order valence-electron chi connectivity index (χ4n) is 3.79. The van der Waals surface area contributed by atoms with Crippen LogP contribution in [0.3, 0.4) is 0 Å². The van der Waals surface area contributed by atoms with E-state index in [2.05, 4.69) is 4.98 Å². The maximum atomic E-state index is 12.5. The van der Waals surface area contributed by atoms with E-state index in [9.17, 15) is 14.9 Å². The van der Waals surface area contributed by atoms with Crippen molar-refractivity contribution in [1.29, 1.82) is 0 Å². The zero-order chi connectivity index (χ0) is 16.2. The van der Waals surface area contributed by atoms with Gasteiger partial charge < -0.3 is 19.8 Å². The topological polar surface area (TPSA) is 85.6 Å². The van der Waals surface area contributed by atoms with Gasteiger partial charge in [0.1, 0.15) is 6.20 Å². The van der Waals surface area contributed by atoms with Gasteiger partial charge in [-0.2, -0.15) is 0 Å². The van der Waals surface area contributed by atoms with Crippen molar-refractivity contribution in [3.63, 3.8) is 0 Å². The van der Waals surface area contributed by atoms with E-state index < -0.39 is 4.92 Å². The molecule has 1 aromatic heterocycles. The van der Waals surface area contributed by atoms with Crippen molar-refractivity contribution in [2.45, 2.75) is 44.6 Å². The minimum absolute atomic E-state index is 0.0445. The highest BCUT2D eigenvalue weighted by Gasteiger charge is 2.35. The molecule has 2 fully saturated rings. The Bertz CT molecular complexity index is 590. The van der Waals surface area contributed by atoms with Crippen LogP contribution in [0.1, 0.15) is 38.5 Å². The van der Waals surface area contributed by atoms with Gasteiger partial charge in [-0.15, -0.1) is 0 Å². The number of rotatable bonds is 4. The fraction of sp³-hybridized carbons (Fsp3) is 0.625. The summed E-state index contributed by atoms with van der Waals surface area (Å²) in [6.07, 6.45) is 8.24. The molecular weight excluding hydrogens is 298 g/mol. The molecule has 0 aromatic carbocycles. The van der Waals surface area contributed by atoms with Gasteiger partial charge in [-0.1, -0.05) is 12.8 Å². The lowest BCUT2D eigenvalue weighted by molar-refractivity contribution is -0.390. The fourth-order valence-corrected chi connectivity index (χ4v) is 3.79. The summed E-state index contributed by atoms with van der Waals surface area (Å²) in [5.41, 5.74) is 0. The van der Waals surface area contributed by atoms with Crippen LogP contribution in [-0.4, -0.2) is 39.9 Å². The van der Waals surface area contributed by atoms with Gasteiger partial charge in [-0.25, -0.2) is 0 Å². The first kappa shape index (κ1) is 15.7. The Morgan fingerprint density at radius 3 is 2.96 bits per heavy atom. The number of carbonyl (C=O) groups excluding carboxylic acids is 1. The Hall–Kier alpha value is -2.18. The number of nitro groups is 1. The van der Waals surface area contributed by atoms with Gasteiger partial charge in [0.2, 0.25) is 5.75 Å². The zero-order valence-corrected chi connectivity index (χ0v) is 13.0. The molecule has 0 spiro atoms. The monoisotopic (exact) mass is 319 g/mol. The normalized spacial score (nSPS) is 23.9. The average molecular weight is 319 g/mol. The Balaban J connectivity index is 1.64. The second-order valence-corrected chi connectivity index (χ2v) is 6.21. The van der Waals surface area contributed by atoms with Crippen LogP contribution in [0.25, 0.3) is 0 Å². The molecule has 1 saturated heterocycles. The van der Waals surface area contributed by atoms with Crippen molar-refractivity contribution in [3.05, 3.63) is 28.4 Å². The second kappa shape index (κ2) is 6.93. The minimum atomic E-state index is -0.599. The van der Waals surface area contributed by atoms with E-state index in [1.165, 1.54) is 37.9 Å². The van der Waals surface area contributed by atoms with Crippen LogP contribution < -0.4 is 4.74 Å². The molecule has 0 radical (unpaired) electrons. The summed E-state index contributed by atoms with van der Waals surface area (Å²) in [6, 6.07) is 3.35. The van der Waals surface area contributed by atoms with Crippen LogP contribution in [0.4, 0.5) is 5.82 Å². The van der Waals surface area contributed by atoms with Crippen LogP contribution in [0, 0.1) is 16.0 Å². The lowest BCUT2D eigenvalue weighted by Gasteiger charge is -2.44. The quantitative estimate of drug-likeness (QED) is 0.629. The molecule has 124 valence electrons. The number of carbonyl (C=O) groups is 1. The van der Waals surface area contributed by atoms with E-state index in [1.54, 1.807) is 6.07 Å². The number of amides is 1. The number of piperidine rings is 1. The maximum Gasteiger partial charge on any atom is 0.406 e. The summed E-state index contributed by atoms with van der Waals surface area (Å²) in [6.45, 7) is 0.592. The molecule has 7 nitrogen and oxygen atoms in total. The number of pyridine rings is 1. The number of aromatic nitrogens is 1. The van der Waals surface area contributed by atoms with E-state index in [0.717, 1.165) is 19.4 Å². The van der Waals surface area contributed by atoms with Gasteiger partial charge in [0.05, 0.1) is 0 Å². The summed E-state index contributed by atoms with van der Waals surface area (Å²) in [5, 5.41) is 10.9. The summed E-state index contributed by atoms with van der Waals surface area (Å²) in [5.74, 6) is 0.214. The highest BCUT2D eigenvalue weighted by molar-refractivity contribution is 5.78. The Labute approximate surface area is 134 Å².